The van der Waals surface area contributed by atoms with Gasteiger partial charge in [-0.3, -0.25) is 9.89 Å². The highest BCUT2D eigenvalue weighted by Gasteiger charge is 2.24. The minimum atomic E-state index is 0.449. The Hall–Kier alpha value is -1.15. The van der Waals surface area contributed by atoms with E-state index in [-0.39, 0.29) is 0 Å². The van der Waals surface area contributed by atoms with E-state index in [1.165, 1.54) is 56.7 Å². The predicted octanol–water partition coefficient (Wildman–Crippen LogP) is 2.41. The number of ether oxygens (including phenoxy) is 1. The molecule has 6 nitrogen and oxygen atoms in total. The molecule has 1 aromatic rings. The van der Waals surface area contributed by atoms with E-state index in [4.69, 9.17) is 4.74 Å². The molecule has 2 aliphatic heterocycles. The molecule has 3 rings (SSSR count). The molecular formula is C21H37N5OS. The zero-order valence-corrected chi connectivity index (χ0v) is 18.3. The number of nitrogens with one attached hydrogen (secondary N) is 2. The number of aliphatic imine (C=N–C) groups is 1. The third-order valence-electron chi connectivity index (χ3n) is 6.02. The van der Waals surface area contributed by atoms with Crippen molar-refractivity contribution < 1.29 is 4.74 Å². The number of likely N-dealkylation sites (tertiary alicyclic amines) is 2. The van der Waals surface area contributed by atoms with Gasteiger partial charge in [0.1, 0.15) is 0 Å². The summed E-state index contributed by atoms with van der Waals surface area (Å²) in [5, 5.41) is 9.34. The summed E-state index contributed by atoms with van der Waals surface area (Å²) < 4.78 is 5.19. The van der Waals surface area contributed by atoms with Crippen molar-refractivity contribution in [2.24, 2.45) is 10.9 Å². The smallest absolute Gasteiger partial charge is 0.191 e. The molecule has 7 heteroatoms. The van der Waals surface area contributed by atoms with Crippen molar-refractivity contribution in [2.75, 3.05) is 66.6 Å². The second kappa shape index (κ2) is 11.8. The number of thiophene rings is 1. The molecule has 2 saturated heterocycles. The monoisotopic (exact) mass is 407 g/mol. The van der Waals surface area contributed by atoms with Crippen LogP contribution in [0.5, 0.6) is 0 Å². The lowest BCUT2D eigenvalue weighted by Crippen LogP contribution is -2.45. The molecule has 0 radical (unpaired) electrons. The number of piperidine rings is 1. The van der Waals surface area contributed by atoms with E-state index in [1.54, 1.807) is 7.11 Å². The van der Waals surface area contributed by atoms with Crippen LogP contribution in [0.2, 0.25) is 0 Å². The fraction of sp³-hybridized carbons (Fsp3) is 0.762. The summed E-state index contributed by atoms with van der Waals surface area (Å²) in [6, 6.07) is 4.88. The van der Waals surface area contributed by atoms with Gasteiger partial charge in [-0.1, -0.05) is 6.07 Å². The van der Waals surface area contributed by atoms with Crippen LogP contribution in [-0.4, -0.2) is 82.3 Å². The molecule has 0 bridgehead atoms. The second-order valence-electron chi connectivity index (χ2n) is 7.89. The van der Waals surface area contributed by atoms with Crippen LogP contribution in [0.1, 0.15) is 36.6 Å². The van der Waals surface area contributed by atoms with Crippen LogP contribution < -0.4 is 10.6 Å². The van der Waals surface area contributed by atoms with Gasteiger partial charge in [0.05, 0.1) is 12.6 Å². The second-order valence-corrected chi connectivity index (χ2v) is 8.87. The molecule has 1 unspecified atom stereocenters. The van der Waals surface area contributed by atoms with Crippen LogP contribution in [0.15, 0.2) is 22.5 Å². The van der Waals surface area contributed by atoms with Crippen molar-refractivity contribution in [3.8, 4) is 0 Å². The minimum absolute atomic E-state index is 0.449. The van der Waals surface area contributed by atoms with E-state index in [9.17, 15) is 0 Å². The van der Waals surface area contributed by atoms with Crippen molar-refractivity contribution in [2.45, 2.75) is 31.7 Å². The molecule has 158 valence electrons. The van der Waals surface area contributed by atoms with E-state index < -0.39 is 0 Å². The summed E-state index contributed by atoms with van der Waals surface area (Å²) >= 11 is 1.86. The first kappa shape index (κ1) is 21.6. The van der Waals surface area contributed by atoms with Crippen LogP contribution in [0.25, 0.3) is 0 Å². The number of nitrogens with zero attached hydrogens (tertiary/aromatic N) is 3. The molecule has 0 aliphatic carbocycles. The summed E-state index contributed by atoms with van der Waals surface area (Å²) in [6.07, 6.45) is 5.13. The van der Waals surface area contributed by atoms with Gasteiger partial charge < -0.3 is 20.3 Å². The molecule has 0 amide bonds. The molecule has 0 spiro atoms. The van der Waals surface area contributed by atoms with Gasteiger partial charge in [-0.05, 0) is 69.2 Å². The maximum Gasteiger partial charge on any atom is 0.191 e. The third kappa shape index (κ3) is 6.44. The average molecular weight is 408 g/mol. The summed E-state index contributed by atoms with van der Waals surface area (Å²) in [5.41, 5.74) is 0. The van der Waals surface area contributed by atoms with Gasteiger partial charge in [0, 0.05) is 38.7 Å². The maximum absolute atomic E-state index is 5.19. The van der Waals surface area contributed by atoms with E-state index in [1.807, 2.05) is 18.4 Å². The zero-order chi connectivity index (χ0) is 19.6. The summed E-state index contributed by atoms with van der Waals surface area (Å²) in [4.78, 5) is 11.0. The molecule has 2 N–H and O–H groups in total. The summed E-state index contributed by atoms with van der Waals surface area (Å²) in [5.74, 6) is 1.66. The normalized spacial score (nSPS) is 21.1. The Morgan fingerprint density at radius 3 is 2.68 bits per heavy atom. The van der Waals surface area contributed by atoms with Gasteiger partial charge in [0.15, 0.2) is 5.96 Å². The number of guanidine groups is 1. The number of hydrogen-bond acceptors (Lipinski definition) is 5. The lowest BCUT2D eigenvalue weighted by atomic mass is 9.97. The number of methoxy groups -OCH3 is 1. The van der Waals surface area contributed by atoms with Gasteiger partial charge in [0.2, 0.25) is 0 Å². The van der Waals surface area contributed by atoms with E-state index in [0.717, 1.165) is 38.1 Å². The van der Waals surface area contributed by atoms with Crippen molar-refractivity contribution in [3.05, 3.63) is 22.4 Å². The molecule has 1 atom stereocenters. The number of hydrogen-bond donors (Lipinski definition) is 2. The quantitative estimate of drug-likeness (QED) is 0.486. The van der Waals surface area contributed by atoms with Crippen molar-refractivity contribution in [3.63, 3.8) is 0 Å². The lowest BCUT2D eigenvalue weighted by Gasteiger charge is -2.32. The highest BCUT2D eigenvalue weighted by atomic mass is 32.1. The first-order valence-electron chi connectivity index (χ1n) is 10.7. The molecule has 3 heterocycles. The molecule has 2 aliphatic rings. The Kier molecular flexibility index (Phi) is 9.05. The molecule has 2 fully saturated rings. The fourth-order valence-corrected chi connectivity index (χ4v) is 5.09. The van der Waals surface area contributed by atoms with Gasteiger partial charge >= 0.3 is 0 Å². The summed E-state index contributed by atoms with van der Waals surface area (Å²) in [6.45, 7) is 8.58. The average Bonchev–Trinajstić information content (AvgIpc) is 3.44. The minimum Gasteiger partial charge on any atom is -0.383 e. The molecule has 0 saturated carbocycles. The SMILES string of the molecule is CN=C(NCC1CCN(CCOC)CC1)NCC(c1cccs1)N1CCCC1. The Morgan fingerprint density at radius 2 is 2.04 bits per heavy atom. The van der Waals surface area contributed by atoms with Gasteiger partial charge in [0.25, 0.3) is 0 Å². The first-order valence-corrected chi connectivity index (χ1v) is 11.6. The van der Waals surface area contributed by atoms with Gasteiger partial charge in [-0.25, -0.2) is 0 Å². The third-order valence-corrected chi connectivity index (χ3v) is 6.99. The first-order chi connectivity index (χ1) is 13.8. The van der Waals surface area contributed by atoms with E-state index >= 15 is 0 Å². The maximum atomic E-state index is 5.19. The van der Waals surface area contributed by atoms with Crippen LogP contribution in [-0.2, 0) is 4.74 Å². The standard InChI is InChI=1S/C21H37N5OS/c1-22-21(23-16-18-7-11-25(12-8-18)13-14-27-2)24-17-19(20-6-5-15-28-20)26-9-3-4-10-26/h5-6,15,18-19H,3-4,7-14,16-17H2,1-2H3,(H2,22,23,24). The Morgan fingerprint density at radius 1 is 1.25 bits per heavy atom. The predicted molar refractivity (Wildman–Crippen MR) is 118 cm³/mol. The molecule has 0 aromatic carbocycles. The van der Waals surface area contributed by atoms with Crippen molar-refractivity contribution in [1.82, 2.24) is 20.4 Å². The molecule has 28 heavy (non-hydrogen) atoms. The lowest BCUT2D eigenvalue weighted by molar-refractivity contribution is 0.121. The van der Waals surface area contributed by atoms with Crippen LogP contribution in [0.3, 0.4) is 0 Å². The largest absolute Gasteiger partial charge is 0.383 e. The highest BCUT2D eigenvalue weighted by molar-refractivity contribution is 7.10. The fourth-order valence-electron chi connectivity index (χ4n) is 4.23. The van der Waals surface area contributed by atoms with Crippen LogP contribution in [0, 0.1) is 5.92 Å². The van der Waals surface area contributed by atoms with Crippen LogP contribution in [0.4, 0.5) is 0 Å². The van der Waals surface area contributed by atoms with E-state index in [0.29, 0.717) is 6.04 Å². The van der Waals surface area contributed by atoms with Crippen molar-refractivity contribution >= 4 is 17.3 Å². The van der Waals surface area contributed by atoms with Crippen molar-refractivity contribution in [1.29, 1.82) is 0 Å². The Balaban J connectivity index is 1.41. The van der Waals surface area contributed by atoms with E-state index in [2.05, 4.69) is 42.9 Å². The van der Waals surface area contributed by atoms with Crippen LogP contribution >= 0.6 is 11.3 Å². The molecular weight excluding hydrogens is 370 g/mol. The summed E-state index contributed by atoms with van der Waals surface area (Å²) in [7, 11) is 3.65. The van der Waals surface area contributed by atoms with Gasteiger partial charge in [-0.15, -0.1) is 11.3 Å². The topological polar surface area (TPSA) is 52.1 Å². The molecule has 1 aromatic heterocycles. The Labute approximate surface area is 174 Å². The zero-order valence-electron chi connectivity index (χ0n) is 17.5. The van der Waals surface area contributed by atoms with Gasteiger partial charge in [-0.2, -0.15) is 0 Å². The Bertz CT molecular complexity index is 565. The highest BCUT2D eigenvalue weighted by Crippen LogP contribution is 2.27. The number of rotatable bonds is 9.